The van der Waals surface area contributed by atoms with E-state index in [1.54, 1.807) is 7.11 Å². The maximum Gasteiger partial charge on any atom is 0.242 e. The van der Waals surface area contributed by atoms with Crippen LogP contribution in [0.1, 0.15) is 81.3 Å². The number of piperidine rings is 6. The molecule has 3 aromatic carbocycles. The van der Waals surface area contributed by atoms with E-state index in [1.807, 2.05) is 48.8 Å². The summed E-state index contributed by atoms with van der Waals surface area (Å²) in [6.45, 7) is 8.90. The number of ether oxygens (including phenoxy) is 3. The summed E-state index contributed by atoms with van der Waals surface area (Å²) < 4.78 is 20.3. The Hall–Kier alpha value is -4.90. The van der Waals surface area contributed by atoms with E-state index >= 15 is 0 Å². The number of aliphatic hydroxyl groups excluding tert-OH is 1. The van der Waals surface area contributed by atoms with Gasteiger partial charge in [0.05, 0.1) is 47.6 Å². The Kier molecular flexibility index (Phi) is 10.1. The van der Waals surface area contributed by atoms with Crippen molar-refractivity contribution in [2.24, 2.45) is 23.7 Å². The molecule has 10 nitrogen and oxygen atoms in total. The first-order valence-corrected chi connectivity index (χ1v) is 21.5. The summed E-state index contributed by atoms with van der Waals surface area (Å²) in [5, 5.41) is 23.7. The Bertz CT molecular complexity index is 2280. The molecule has 0 aliphatic carbocycles. The zero-order valence-electron chi connectivity index (χ0n) is 33.8. The predicted molar refractivity (Wildman–Crippen MR) is 226 cm³/mol. The van der Waals surface area contributed by atoms with E-state index in [4.69, 9.17) is 34.4 Å². The van der Waals surface area contributed by atoms with Crippen LogP contribution in [-0.4, -0.2) is 80.4 Å². The van der Waals surface area contributed by atoms with Crippen LogP contribution in [0.2, 0.25) is 0 Å². The second-order valence-corrected chi connectivity index (χ2v) is 17.2. The number of benzene rings is 3. The molecule has 12 rings (SSSR count). The highest BCUT2D eigenvalue weighted by Gasteiger charge is 2.46. The van der Waals surface area contributed by atoms with Crippen LogP contribution in [-0.2, 0) is 6.61 Å². The fourth-order valence-corrected chi connectivity index (χ4v) is 11.2. The molecule has 6 saturated heterocycles. The van der Waals surface area contributed by atoms with Crippen molar-refractivity contribution >= 4 is 32.6 Å². The highest BCUT2D eigenvalue weighted by Crippen LogP contribution is 2.47. The molecule has 6 aliphatic rings. The lowest BCUT2D eigenvalue weighted by molar-refractivity contribution is -0.0505. The summed E-state index contributed by atoms with van der Waals surface area (Å²) in [6.07, 6.45) is 10.1. The molecule has 300 valence electrons. The van der Waals surface area contributed by atoms with Gasteiger partial charge in [-0.25, -0.2) is 0 Å². The van der Waals surface area contributed by atoms with Gasteiger partial charge in [0.25, 0.3) is 0 Å². The maximum absolute atomic E-state index is 10.1. The van der Waals surface area contributed by atoms with E-state index in [-0.39, 0.29) is 30.9 Å². The Balaban J connectivity index is 1.06. The molecule has 4 bridgehead atoms. The first-order valence-electron chi connectivity index (χ1n) is 21.5. The van der Waals surface area contributed by atoms with Crippen LogP contribution in [0.4, 0.5) is 0 Å². The Morgan fingerprint density at radius 2 is 1.21 bits per heavy atom. The highest BCUT2D eigenvalue weighted by molar-refractivity contribution is 5.91. The third-order valence-electron chi connectivity index (χ3n) is 14.3. The second-order valence-electron chi connectivity index (χ2n) is 17.2. The summed E-state index contributed by atoms with van der Waals surface area (Å²) >= 11 is 0. The molecule has 10 heteroatoms. The Morgan fingerprint density at radius 3 is 1.69 bits per heavy atom. The van der Waals surface area contributed by atoms with Crippen molar-refractivity contribution in [1.82, 2.24) is 30.0 Å². The monoisotopic (exact) mass is 778 g/mol. The summed E-state index contributed by atoms with van der Waals surface area (Å²) in [5.74, 6) is 4.52. The van der Waals surface area contributed by atoms with Crippen LogP contribution in [0.5, 0.6) is 17.5 Å². The molecule has 0 saturated carbocycles. The van der Waals surface area contributed by atoms with Crippen molar-refractivity contribution in [2.45, 2.75) is 83.3 Å². The molecular formula is C48H54N6O4. The first kappa shape index (κ1) is 37.4. The molecule has 0 spiro atoms. The second kappa shape index (κ2) is 15.7. The summed E-state index contributed by atoms with van der Waals surface area (Å²) in [7, 11) is 1.71. The van der Waals surface area contributed by atoms with Crippen molar-refractivity contribution < 1.29 is 19.3 Å². The molecule has 9 heterocycles. The molecule has 10 atom stereocenters. The minimum absolute atomic E-state index is 0.0362. The molecule has 6 aromatic rings. The average molecular weight is 779 g/mol. The molecule has 1 N–H and O–H groups in total. The Labute approximate surface area is 340 Å². The van der Waals surface area contributed by atoms with Crippen molar-refractivity contribution in [3.8, 4) is 17.5 Å². The van der Waals surface area contributed by atoms with Gasteiger partial charge in [-0.05, 0) is 123 Å². The molecule has 58 heavy (non-hydrogen) atoms. The van der Waals surface area contributed by atoms with Crippen LogP contribution in [0.3, 0.4) is 0 Å². The summed E-state index contributed by atoms with van der Waals surface area (Å²) in [4.78, 5) is 14.8. The SMILES string of the molecule is CCC1CN2CCC1CC2[C@H](Oc1nnc(O[C@H](c2ccnc3ccc(OC)cc23)C2C[C@H]3CCN2CC3CC)c2ccccc12)c1ccnc2ccc(CO)cc12. The highest BCUT2D eigenvalue weighted by atomic mass is 16.5. The van der Waals surface area contributed by atoms with Gasteiger partial charge in [0.2, 0.25) is 11.8 Å². The lowest BCUT2D eigenvalue weighted by Crippen LogP contribution is -2.56. The van der Waals surface area contributed by atoms with Crippen LogP contribution < -0.4 is 14.2 Å². The van der Waals surface area contributed by atoms with E-state index in [2.05, 4.69) is 60.0 Å². The van der Waals surface area contributed by atoms with E-state index in [1.165, 1.54) is 25.7 Å². The minimum Gasteiger partial charge on any atom is -0.497 e. The van der Waals surface area contributed by atoms with Gasteiger partial charge < -0.3 is 19.3 Å². The number of fused-ring (bicyclic) bond motifs is 9. The number of methoxy groups -OCH3 is 1. The molecule has 6 aliphatic heterocycles. The van der Waals surface area contributed by atoms with Gasteiger partial charge in [-0.15, -0.1) is 10.2 Å². The van der Waals surface area contributed by atoms with E-state index < -0.39 is 0 Å². The molecule has 3 aromatic heterocycles. The zero-order chi connectivity index (χ0) is 39.3. The van der Waals surface area contributed by atoms with Gasteiger partial charge in [-0.3, -0.25) is 19.8 Å². The van der Waals surface area contributed by atoms with Crippen LogP contribution in [0, 0.1) is 23.7 Å². The number of nitrogens with zero attached hydrogens (tertiary/aromatic N) is 6. The topological polar surface area (TPSA) is 106 Å². The number of hydrogen-bond acceptors (Lipinski definition) is 10. The quantitative estimate of drug-likeness (QED) is 0.130. The fourth-order valence-electron chi connectivity index (χ4n) is 11.2. The number of hydrogen-bond donors (Lipinski definition) is 1. The lowest BCUT2D eigenvalue weighted by atomic mass is 9.72. The summed E-state index contributed by atoms with van der Waals surface area (Å²) in [5.41, 5.74) is 4.79. The van der Waals surface area contributed by atoms with E-state index in [9.17, 15) is 5.11 Å². The smallest absolute Gasteiger partial charge is 0.242 e. The van der Waals surface area contributed by atoms with E-state index in [0.29, 0.717) is 35.4 Å². The summed E-state index contributed by atoms with van der Waals surface area (Å²) in [6, 6.07) is 24.9. The molecule has 0 amide bonds. The normalized spacial score (nSPS) is 27.5. The third-order valence-corrected chi connectivity index (χ3v) is 14.3. The van der Waals surface area contributed by atoms with Crippen molar-refractivity contribution in [2.75, 3.05) is 33.3 Å². The molecule has 0 radical (unpaired) electrons. The van der Waals surface area contributed by atoms with Crippen molar-refractivity contribution in [3.63, 3.8) is 0 Å². The lowest BCUT2D eigenvalue weighted by Gasteiger charge is -2.52. The van der Waals surface area contributed by atoms with Gasteiger partial charge in [0.1, 0.15) is 18.0 Å². The fraction of sp³-hybridized carbons (Fsp3) is 0.458. The average Bonchev–Trinajstić information content (AvgIpc) is 3.29. The molecular weight excluding hydrogens is 725 g/mol. The van der Waals surface area contributed by atoms with Gasteiger partial charge in [-0.2, -0.15) is 0 Å². The first-order chi connectivity index (χ1) is 28.5. The van der Waals surface area contributed by atoms with Gasteiger partial charge in [0.15, 0.2) is 0 Å². The number of aliphatic hydroxyl groups is 1. The van der Waals surface area contributed by atoms with Crippen molar-refractivity contribution in [1.29, 1.82) is 0 Å². The van der Waals surface area contributed by atoms with E-state index in [0.717, 1.165) is 94.0 Å². The largest absolute Gasteiger partial charge is 0.497 e. The molecule has 7 unspecified atom stereocenters. The molecule has 6 fully saturated rings. The van der Waals surface area contributed by atoms with Gasteiger partial charge in [0, 0.05) is 47.4 Å². The van der Waals surface area contributed by atoms with Crippen molar-refractivity contribution in [3.05, 3.63) is 102 Å². The zero-order valence-corrected chi connectivity index (χ0v) is 33.8. The number of rotatable bonds is 12. The van der Waals surface area contributed by atoms with Crippen LogP contribution in [0.25, 0.3) is 32.6 Å². The third kappa shape index (κ3) is 6.63. The number of aromatic nitrogens is 4. The standard InChI is InChI=1S/C48H54N6O4/c1-4-30-26-53-20-16-32(30)23-43(53)45(35-14-18-49-41-12-10-29(28-55)22-39(35)41)57-47-37-8-6-7-9-38(37)48(52-51-47)58-46(44-24-33-17-21-54(44)27-31(33)5-2)36-15-19-50-42-13-11-34(56-3)25-40(36)42/h6-15,18-19,22,25,30-33,43-46,55H,4-5,16-17,20-21,23-24,26-28H2,1-3H3/t30?,31?,32?,33-,43?,44?,45-,46-/m1/s1. The maximum atomic E-state index is 10.1. The van der Waals surface area contributed by atoms with Gasteiger partial charge in [-0.1, -0.05) is 44.9 Å². The van der Waals surface area contributed by atoms with Crippen LogP contribution >= 0.6 is 0 Å². The predicted octanol–water partition coefficient (Wildman–Crippen LogP) is 8.71. The Morgan fingerprint density at radius 1 is 0.672 bits per heavy atom. The number of pyridine rings is 2. The minimum atomic E-state index is -0.326. The van der Waals surface area contributed by atoms with Crippen LogP contribution in [0.15, 0.2) is 85.2 Å². The van der Waals surface area contributed by atoms with Gasteiger partial charge >= 0.3 is 0 Å².